The molecule has 1 aromatic rings. The number of hydrogen-bond donors (Lipinski definition) is 3. The van der Waals surface area contributed by atoms with Crippen LogP contribution in [0.4, 0.5) is 8.78 Å². The number of hydrogen-bond acceptors (Lipinski definition) is 9. The Morgan fingerprint density at radius 1 is 1.32 bits per heavy atom. The molecule has 4 rings (SSSR count). The fourth-order valence-electron chi connectivity index (χ4n) is 5.17. The number of carboxylic acids is 1. The minimum absolute atomic E-state index is 0.0506. The molecule has 16 heteroatoms. The fraction of sp³-hybridized carbons (Fsp3) is 0.667. The number of amides is 3. The zero-order chi connectivity index (χ0) is 27.2. The predicted molar refractivity (Wildman–Crippen MR) is 125 cm³/mol. The Kier molecular flexibility index (Phi) is 7.50. The van der Waals surface area contributed by atoms with Crippen LogP contribution in [0.5, 0.6) is 0 Å². The van der Waals surface area contributed by atoms with Gasteiger partial charge in [-0.1, -0.05) is 6.92 Å². The van der Waals surface area contributed by atoms with Gasteiger partial charge in [0.1, 0.15) is 12.2 Å². The molecule has 0 aromatic carbocycles. The van der Waals surface area contributed by atoms with E-state index in [1.54, 1.807) is 21.0 Å². The summed E-state index contributed by atoms with van der Waals surface area (Å²) in [5.41, 5.74) is -0.0695. The molecule has 202 valence electrons. The average Bonchev–Trinajstić information content (AvgIpc) is 3.52. The van der Waals surface area contributed by atoms with E-state index in [-0.39, 0.29) is 28.8 Å². The normalized spacial score (nSPS) is 27.8. The van der Waals surface area contributed by atoms with Crippen LogP contribution in [0.1, 0.15) is 32.5 Å². The van der Waals surface area contributed by atoms with E-state index >= 15 is 0 Å². The van der Waals surface area contributed by atoms with Gasteiger partial charge in [-0.3, -0.25) is 14.4 Å². The number of fused-ring (bicyclic) bond motifs is 1. The van der Waals surface area contributed by atoms with Crippen molar-refractivity contribution >= 4 is 35.5 Å². The molecule has 1 aromatic heterocycles. The third-order valence-electron chi connectivity index (χ3n) is 6.89. The number of rotatable bonds is 9. The van der Waals surface area contributed by atoms with E-state index in [0.29, 0.717) is 22.6 Å². The minimum atomic E-state index is -2.95. The van der Waals surface area contributed by atoms with Crippen LogP contribution in [0.15, 0.2) is 10.6 Å². The van der Waals surface area contributed by atoms with Gasteiger partial charge in [0.15, 0.2) is 0 Å². The summed E-state index contributed by atoms with van der Waals surface area (Å²) in [5, 5.41) is 25.4. The number of alkyl halides is 2. The second-order valence-electron chi connectivity index (χ2n) is 9.55. The molecule has 37 heavy (non-hydrogen) atoms. The van der Waals surface area contributed by atoms with E-state index in [0.717, 1.165) is 0 Å². The zero-order valence-corrected chi connectivity index (χ0v) is 21.4. The maximum Gasteiger partial charge on any atom is 0.353 e. The summed E-state index contributed by atoms with van der Waals surface area (Å²) in [5.74, 6) is -4.12. The maximum absolute atomic E-state index is 13.1. The molecule has 3 N–H and O–H groups in total. The van der Waals surface area contributed by atoms with Gasteiger partial charge >= 0.3 is 5.97 Å². The zero-order valence-electron chi connectivity index (χ0n) is 20.6. The van der Waals surface area contributed by atoms with Crippen LogP contribution < -0.4 is 10.6 Å². The van der Waals surface area contributed by atoms with Gasteiger partial charge in [0, 0.05) is 42.8 Å². The predicted octanol–water partition coefficient (Wildman–Crippen LogP) is -0.560. The number of halogens is 2. The molecule has 0 aliphatic carbocycles. The van der Waals surface area contributed by atoms with E-state index in [2.05, 4.69) is 26.2 Å². The number of likely N-dealkylation sites (N-methyl/N-ethyl adjacent to an activating group) is 1. The third-order valence-corrected chi connectivity index (χ3v) is 8.40. The number of aromatic nitrogens is 4. The Morgan fingerprint density at radius 3 is 2.65 bits per heavy atom. The highest BCUT2D eigenvalue weighted by Crippen LogP contribution is 2.51. The first kappa shape index (κ1) is 26.9. The first-order valence-corrected chi connectivity index (χ1v) is 12.6. The van der Waals surface area contributed by atoms with E-state index in [1.165, 1.54) is 21.6 Å². The molecular weight excluding hydrogens is 514 g/mol. The molecule has 2 saturated heterocycles. The summed E-state index contributed by atoms with van der Waals surface area (Å²) in [7, 11) is 3.34. The summed E-state index contributed by atoms with van der Waals surface area (Å²) in [6.45, 7) is 3.42. The third kappa shape index (κ3) is 4.91. The first-order chi connectivity index (χ1) is 17.4. The molecule has 0 saturated carbocycles. The summed E-state index contributed by atoms with van der Waals surface area (Å²) < 4.78 is 26.6. The Hall–Kier alpha value is -3.14. The van der Waals surface area contributed by atoms with Crippen molar-refractivity contribution in [3.05, 3.63) is 16.4 Å². The average molecular weight is 543 g/mol. The largest absolute Gasteiger partial charge is 0.477 e. The van der Waals surface area contributed by atoms with Crippen molar-refractivity contribution in [2.45, 2.75) is 56.6 Å². The van der Waals surface area contributed by atoms with Crippen LogP contribution in [-0.2, 0) is 25.7 Å². The van der Waals surface area contributed by atoms with Gasteiger partial charge < -0.3 is 25.5 Å². The smallest absolute Gasteiger partial charge is 0.353 e. The second-order valence-corrected chi connectivity index (χ2v) is 10.9. The Labute approximate surface area is 215 Å². The van der Waals surface area contributed by atoms with Crippen LogP contribution in [0.3, 0.4) is 0 Å². The van der Waals surface area contributed by atoms with Crippen molar-refractivity contribution in [3.8, 4) is 0 Å². The quantitative estimate of drug-likeness (QED) is 0.345. The first-order valence-electron chi connectivity index (χ1n) is 11.7. The van der Waals surface area contributed by atoms with Crippen molar-refractivity contribution in [1.29, 1.82) is 0 Å². The van der Waals surface area contributed by atoms with Crippen molar-refractivity contribution in [2.75, 3.05) is 20.6 Å². The molecule has 3 aliphatic rings. The van der Waals surface area contributed by atoms with Gasteiger partial charge in [0.2, 0.25) is 23.5 Å². The lowest BCUT2D eigenvalue weighted by molar-refractivity contribution is -0.158. The van der Waals surface area contributed by atoms with Gasteiger partial charge in [0.05, 0.1) is 18.0 Å². The van der Waals surface area contributed by atoms with Crippen molar-refractivity contribution in [3.63, 3.8) is 0 Å². The highest BCUT2D eigenvalue weighted by Gasteiger charge is 2.60. The molecule has 1 unspecified atom stereocenters. The van der Waals surface area contributed by atoms with Gasteiger partial charge in [0.25, 0.3) is 6.43 Å². The topological polar surface area (TPSA) is 163 Å². The fourth-order valence-corrected chi connectivity index (χ4v) is 6.65. The molecule has 0 radical (unpaired) electrons. The molecule has 0 bridgehead atoms. The van der Waals surface area contributed by atoms with Crippen LogP contribution in [-0.4, -0.2) is 103 Å². The number of thioether (sulfide) groups is 1. The lowest BCUT2D eigenvalue weighted by atomic mass is 9.78. The molecule has 13 nitrogen and oxygen atoms in total. The summed E-state index contributed by atoms with van der Waals surface area (Å²) in [6.07, 6.45) is -2.43. The summed E-state index contributed by atoms with van der Waals surface area (Å²) in [6, 6.07) is -1.52. The number of β-lactam (4-membered cyclic amide) rings is 1. The molecule has 3 aliphatic heterocycles. The molecule has 0 spiro atoms. The van der Waals surface area contributed by atoms with Crippen LogP contribution in [0, 0.1) is 11.8 Å². The minimum Gasteiger partial charge on any atom is -0.477 e. The summed E-state index contributed by atoms with van der Waals surface area (Å²) >= 11 is 1.36. The SMILES string of the molecule is CC(NC(=O)Cn1nnnc1C(F)F)[C@H]1C(=O)N2C(C(=O)O)=C(S[C@@H]3CN[C@H](C(=O)N(C)C)C3)[C@H](C)[C@H]12. The van der Waals surface area contributed by atoms with Crippen LogP contribution >= 0.6 is 11.8 Å². The number of aliphatic carboxylic acids is 1. The van der Waals surface area contributed by atoms with Crippen LogP contribution in [0.25, 0.3) is 0 Å². The van der Waals surface area contributed by atoms with E-state index in [9.17, 15) is 33.1 Å². The van der Waals surface area contributed by atoms with Crippen molar-refractivity contribution in [1.82, 2.24) is 40.6 Å². The second kappa shape index (κ2) is 10.3. The molecule has 3 amide bonds. The summed E-state index contributed by atoms with van der Waals surface area (Å²) in [4.78, 5) is 53.3. The molecule has 2 fully saturated rings. The van der Waals surface area contributed by atoms with Gasteiger partial charge in [-0.25, -0.2) is 18.3 Å². The van der Waals surface area contributed by atoms with Crippen LogP contribution in [0.2, 0.25) is 0 Å². The Balaban J connectivity index is 1.43. The van der Waals surface area contributed by atoms with Gasteiger partial charge in [-0.05, 0) is 23.8 Å². The highest BCUT2D eigenvalue weighted by atomic mass is 32.2. The monoisotopic (exact) mass is 542 g/mol. The number of nitrogens with zero attached hydrogens (tertiary/aromatic N) is 6. The molecule has 6 atom stereocenters. The number of carboxylic acid groups (broad SMARTS) is 1. The number of carbonyl (C=O) groups excluding carboxylic acids is 3. The van der Waals surface area contributed by atoms with E-state index in [1.807, 2.05) is 6.92 Å². The van der Waals surface area contributed by atoms with Crippen molar-refractivity contribution < 1.29 is 33.1 Å². The van der Waals surface area contributed by atoms with E-state index < -0.39 is 54.6 Å². The van der Waals surface area contributed by atoms with Gasteiger partial charge in [-0.15, -0.1) is 16.9 Å². The van der Waals surface area contributed by atoms with E-state index in [4.69, 9.17) is 0 Å². The Morgan fingerprint density at radius 2 is 2.03 bits per heavy atom. The standard InChI is InChI=1S/C21H28F2N8O5S/c1-8-14-13(9(2)25-12(32)7-30-18(17(22)23)26-27-28-30)20(34)31(14)15(21(35)36)16(8)37-10-5-11(24-6-10)19(33)29(3)4/h8-11,13-14,17,24H,5-7H2,1-4H3,(H,25,32)(H,35,36)/t8-,9?,10+,11+,13-,14-/m1/s1. The maximum atomic E-state index is 13.1. The van der Waals surface area contributed by atoms with Crippen molar-refractivity contribution in [2.24, 2.45) is 11.8 Å². The number of carbonyl (C=O) groups is 4. The lowest BCUT2D eigenvalue weighted by Crippen LogP contribution is -2.66. The highest BCUT2D eigenvalue weighted by molar-refractivity contribution is 8.03. The Bertz CT molecular complexity index is 1140. The molecular formula is C21H28F2N8O5S. The lowest BCUT2D eigenvalue weighted by Gasteiger charge is -2.47. The number of nitrogens with one attached hydrogen (secondary N) is 2. The number of tetrazole rings is 1. The molecule has 4 heterocycles. The van der Waals surface area contributed by atoms with Gasteiger partial charge in [-0.2, -0.15) is 0 Å².